The van der Waals surface area contributed by atoms with Crippen molar-refractivity contribution in [2.75, 3.05) is 18.0 Å². The van der Waals surface area contributed by atoms with E-state index in [2.05, 4.69) is 41.1 Å². The van der Waals surface area contributed by atoms with E-state index in [1.807, 2.05) is 24.7 Å². The number of aliphatic hydroxyl groups is 1. The van der Waals surface area contributed by atoms with Gasteiger partial charge < -0.3 is 10.0 Å². The van der Waals surface area contributed by atoms with Gasteiger partial charge in [-0.05, 0) is 19.4 Å². The molecule has 0 spiro atoms. The third kappa shape index (κ3) is 3.27. The molecule has 1 fully saturated rings. The standard InChI is InChI=1S/C18H26N8O/c1-11-8-12(24(5)22-11)9-26-16-14(21-23-26)15(25-7-6-13(27)10-25)19-17(20-16)18(2,3)4/h8,13,27H,6-7,9-10H2,1-5H3. The van der Waals surface area contributed by atoms with Gasteiger partial charge >= 0.3 is 0 Å². The van der Waals surface area contributed by atoms with Crippen molar-refractivity contribution < 1.29 is 5.11 Å². The Hall–Kier alpha value is -2.55. The Balaban J connectivity index is 1.83. The third-order valence-electron chi connectivity index (χ3n) is 4.89. The minimum atomic E-state index is -0.333. The summed E-state index contributed by atoms with van der Waals surface area (Å²) in [5, 5.41) is 23.1. The van der Waals surface area contributed by atoms with Crippen LogP contribution in [0.2, 0.25) is 0 Å². The van der Waals surface area contributed by atoms with Gasteiger partial charge in [-0.2, -0.15) is 5.10 Å². The van der Waals surface area contributed by atoms with Crippen LogP contribution in [0.5, 0.6) is 0 Å². The van der Waals surface area contributed by atoms with Crippen LogP contribution < -0.4 is 4.90 Å². The number of fused-ring (bicyclic) bond motifs is 1. The molecule has 144 valence electrons. The summed E-state index contributed by atoms with van der Waals surface area (Å²) in [6, 6.07) is 2.04. The first kappa shape index (κ1) is 17.8. The molecule has 1 saturated heterocycles. The van der Waals surface area contributed by atoms with E-state index >= 15 is 0 Å². The van der Waals surface area contributed by atoms with E-state index < -0.39 is 0 Å². The highest BCUT2D eigenvalue weighted by Crippen LogP contribution is 2.29. The number of aryl methyl sites for hydroxylation is 2. The molecule has 0 saturated carbocycles. The second-order valence-electron chi connectivity index (χ2n) is 8.33. The lowest BCUT2D eigenvalue weighted by atomic mass is 9.96. The van der Waals surface area contributed by atoms with Crippen LogP contribution in [0.1, 0.15) is 44.4 Å². The average Bonchev–Trinajstić information content (AvgIpc) is 3.26. The van der Waals surface area contributed by atoms with Gasteiger partial charge in [0.15, 0.2) is 17.0 Å². The van der Waals surface area contributed by atoms with Crippen molar-refractivity contribution in [3.05, 3.63) is 23.3 Å². The lowest BCUT2D eigenvalue weighted by Crippen LogP contribution is -2.25. The highest BCUT2D eigenvalue weighted by molar-refractivity contribution is 5.83. The predicted molar refractivity (Wildman–Crippen MR) is 102 cm³/mol. The summed E-state index contributed by atoms with van der Waals surface area (Å²) in [7, 11) is 1.92. The van der Waals surface area contributed by atoms with Crippen molar-refractivity contribution in [3.8, 4) is 0 Å². The first-order valence-corrected chi connectivity index (χ1v) is 9.26. The fourth-order valence-electron chi connectivity index (χ4n) is 3.40. The molecule has 0 radical (unpaired) electrons. The van der Waals surface area contributed by atoms with E-state index in [1.54, 1.807) is 4.68 Å². The third-order valence-corrected chi connectivity index (χ3v) is 4.89. The molecule has 1 aliphatic heterocycles. The maximum absolute atomic E-state index is 9.96. The molecule has 0 amide bonds. The van der Waals surface area contributed by atoms with Gasteiger partial charge in [-0.15, -0.1) is 5.10 Å². The summed E-state index contributed by atoms with van der Waals surface area (Å²) in [6.07, 6.45) is 0.402. The quantitative estimate of drug-likeness (QED) is 0.739. The fourth-order valence-corrected chi connectivity index (χ4v) is 3.40. The maximum Gasteiger partial charge on any atom is 0.184 e. The summed E-state index contributed by atoms with van der Waals surface area (Å²) >= 11 is 0. The van der Waals surface area contributed by atoms with Gasteiger partial charge in [0.1, 0.15) is 5.82 Å². The van der Waals surface area contributed by atoms with Crippen LogP contribution >= 0.6 is 0 Å². The van der Waals surface area contributed by atoms with E-state index in [1.165, 1.54) is 0 Å². The second kappa shape index (κ2) is 6.26. The Morgan fingerprint density at radius 3 is 2.63 bits per heavy atom. The Bertz CT molecular complexity index is 983. The van der Waals surface area contributed by atoms with E-state index in [4.69, 9.17) is 9.97 Å². The number of β-amino-alcohol motifs (C(OH)–C–C–N with tert-alkyl or cyclic N) is 1. The largest absolute Gasteiger partial charge is 0.391 e. The van der Waals surface area contributed by atoms with Crippen molar-refractivity contribution in [2.45, 2.75) is 52.2 Å². The molecule has 4 rings (SSSR count). The highest BCUT2D eigenvalue weighted by atomic mass is 16.3. The van der Waals surface area contributed by atoms with Gasteiger partial charge in [0, 0.05) is 25.6 Å². The van der Waals surface area contributed by atoms with Gasteiger partial charge in [0.2, 0.25) is 0 Å². The zero-order valence-electron chi connectivity index (χ0n) is 16.5. The molecular formula is C18H26N8O. The van der Waals surface area contributed by atoms with Crippen molar-refractivity contribution in [1.29, 1.82) is 0 Å². The monoisotopic (exact) mass is 370 g/mol. The normalized spacial score (nSPS) is 18.0. The topological polar surface area (TPSA) is 97.8 Å². The molecule has 4 heterocycles. The van der Waals surface area contributed by atoms with Gasteiger partial charge in [-0.3, -0.25) is 4.68 Å². The second-order valence-corrected chi connectivity index (χ2v) is 8.33. The smallest absolute Gasteiger partial charge is 0.184 e. The molecule has 0 bridgehead atoms. The fraction of sp³-hybridized carbons (Fsp3) is 0.611. The van der Waals surface area contributed by atoms with Crippen molar-refractivity contribution in [2.24, 2.45) is 7.05 Å². The Labute approximate surface area is 158 Å². The number of aliphatic hydroxyl groups excluding tert-OH is 1. The molecule has 3 aromatic rings. The first-order chi connectivity index (χ1) is 12.7. The molecule has 0 aromatic carbocycles. The van der Waals surface area contributed by atoms with E-state index in [-0.39, 0.29) is 11.5 Å². The molecular weight excluding hydrogens is 344 g/mol. The number of aromatic nitrogens is 7. The van der Waals surface area contributed by atoms with E-state index in [9.17, 15) is 5.11 Å². The summed E-state index contributed by atoms with van der Waals surface area (Å²) in [4.78, 5) is 11.7. The van der Waals surface area contributed by atoms with E-state index in [0.717, 1.165) is 36.0 Å². The Morgan fingerprint density at radius 2 is 2.04 bits per heavy atom. The SMILES string of the molecule is Cc1cc(Cn2nnc3c(N4CCC(O)C4)nc(C(C)(C)C)nc32)n(C)n1. The molecule has 1 unspecified atom stereocenters. The zero-order chi connectivity index (χ0) is 19.3. The van der Waals surface area contributed by atoms with E-state index in [0.29, 0.717) is 24.3 Å². The average molecular weight is 370 g/mol. The number of anilines is 1. The van der Waals surface area contributed by atoms with Crippen LogP contribution in [0.15, 0.2) is 6.07 Å². The first-order valence-electron chi connectivity index (χ1n) is 9.26. The molecule has 1 N–H and O–H groups in total. The van der Waals surface area contributed by atoms with Crippen LogP contribution in [0.3, 0.4) is 0 Å². The molecule has 9 heteroatoms. The maximum atomic E-state index is 9.96. The van der Waals surface area contributed by atoms with Gasteiger partial charge in [0.05, 0.1) is 24.0 Å². The highest BCUT2D eigenvalue weighted by Gasteiger charge is 2.28. The van der Waals surface area contributed by atoms with Crippen LogP contribution in [-0.4, -0.2) is 59.0 Å². The number of hydrogen-bond acceptors (Lipinski definition) is 7. The van der Waals surface area contributed by atoms with Crippen LogP contribution in [-0.2, 0) is 19.0 Å². The molecule has 9 nitrogen and oxygen atoms in total. The van der Waals surface area contributed by atoms with Gasteiger partial charge in [-0.1, -0.05) is 26.0 Å². The number of hydrogen-bond donors (Lipinski definition) is 1. The summed E-state index contributed by atoms with van der Waals surface area (Å²) in [6.45, 7) is 10.1. The predicted octanol–water partition coefficient (Wildman–Crippen LogP) is 1.18. The number of nitrogens with zero attached hydrogens (tertiary/aromatic N) is 8. The lowest BCUT2D eigenvalue weighted by molar-refractivity contribution is 0.198. The zero-order valence-corrected chi connectivity index (χ0v) is 16.5. The summed E-state index contributed by atoms with van der Waals surface area (Å²) in [5.41, 5.74) is 3.18. The lowest BCUT2D eigenvalue weighted by Gasteiger charge is -2.21. The van der Waals surface area contributed by atoms with Crippen LogP contribution in [0.25, 0.3) is 11.2 Å². The Morgan fingerprint density at radius 1 is 1.26 bits per heavy atom. The minimum Gasteiger partial charge on any atom is -0.391 e. The van der Waals surface area contributed by atoms with Crippen LogP contribution in [0.4, 0.5) is 5.82 Å². The molecule has 3 aromatic heterocycles. The molecule has 0 aliphatic carbocycles. The summed E-state index contributed by atoms with van der Waals surface area (Å²) < 4.78 is 3.66. The van der Waals surface area contributed by atoms with Crippen molar-refractivity contribution >= 4 is 17.0 Å². The van der Waals surface area contributed by atoms with Crippen LogP contribution in [0, 0.1) is 6.92 Å². The minimum absolute atomic E-state index is 0.209. The van der Waals surface area contributed by atoms with Crippen molar-refractivity contribution in [1.82, 2.24) is 34.7 Å². The van der Waals surface area contributed by atoms with Gasteiger partial charge in [-0.25, -0.2) is 14.6 Å². The molecule has 1 aliphatic rings. The molecule has 1 atom stereocenters. The Kier molecular flexibility index (Phi) is 4.14. The molecule has 27 heavy (non-hydrogen) atoms. The number of rotatable bonds is 3. The summed E-state index contributed by atoms with van der Waals surface area (Å²) in [5.74, 6) is 1.50. The van der Waals surface area contributed by atoms with Gasteiger partial charge in [0.25, 0.3) is 0 Å². The van der Waals surface area contributed by atoms with Crippen molar-refractivity contribution in [3.63, 3.8) is 0 Å².